The number of nitriles is 1. The number of hydrogen-bond acceptors (Lipinski definition) is 5. The summed E-state index contributed by atoms with van der Waals surface area (Å²) < 4.78 is 7.01. The molecule has 1 aromatic rings. The molecule has 1 atom stereocenters. The summed E-state index contributed by atoms with van der Waals surface area (Å²) in [7, 11) is 6.10. The first kappa shape index (κ1) is 25.2. The Hall–Kier alpha value is -2.84. The van der Waals surface area contributed by atoms with E-state index < -0.39 is 11.7 Å². The van der Waals surface area contributed by atoms with E-state index in [0.717, 1.165) is 22.5 Å². The minimum atomic E-state index is -0.585. The van der Waals surface area contributed by atoms with Gasteiger partial charge < -0.3 is 14.0 Å². The first-order valence-corrected chi connectivity index (χ1v) is 9.98. The van der Waals surface area contributed by atoms with Crippen molar-refractivity contribution in [3.63, 3.8) is 0 Å². The lowest BCUT2D eigenvalue weighted by molar-refractivity contribution is -0.114. The van der Waals surface area contributed by atoms with Crippen LogP contribution in [-0.4, -0.2) is 40.8 Å². The number of aromatic nitrogens is 1. The van der Waals surface area contributed by atoms with Crippen molar-refractivity contribution in [2.24, 2.45) is 0 Å². The molecule has 1 aromatic heterocycles. The molecule has 0 radical (unpaired) electrons. The Bertz CT molecular complexity index is 921. The number of alkyl carbamates (subject to hydrolysis) is 1. The standard InChI is InChI=1S/C22H31N4O3P/c1-15(2)10-16-11-18(12-20(27)17(13-23)14-25(6)7)26(30)19(16)8-9-24-21(28)29-22(3,4)5/h8-11,14H,12,30H2,1-7H3,(H,24,28)/b9-8+,17-14+. The topological polar surface area (TPSA) is 87.4 Å². The number of allylic oxidation sites excluding steroid dienone is 2. The highest BCUT2D eigenvalue weighted by Crippen LogP contribution is 2.24. The predicted octanol–water partition coefficient (Wildman–Crippen LogP) is 4.13. The summed E-state index contributed by atoms with van der Waals surface area (Å²) >= 11 is 0. The highest BCUT2D eigenvalue weighted by Gasteiger charge is 2.17. The number of rotatable bonds is 7. The van der Waals surface area contributed by atoms with Crippen molar-refractivity contribution in [1.82, 2.24) is 14.6 Å². The molecule has 0 aliphatic carbocycles. The number of carbonyl (C=O) groups excluding carboxylic acids is 2. The van der Waals surface area contributed by atoms with Crippen LogP contribution in [0.25, 0.3) is 12.2 Å². The number of carbonyl (C=O) groups is 2. The Balaban J connectivity index is 3.17. The van der Waals surface area contributed by atoms with E-state index in [9.17, 15) is 14.9 Å². The van der Waals surface area contributed by atoms with Crippen LogP contribution in [0.5, 0.6) is 0 Å². The molecule has 1 rings (SSSR count). The van der Waals surface area contributed by atoms with E-state index >= 15 is 0 Å². The second-order valence-electron chi connectivity index (χ2n) is 8.27. The van der Waals surface area contributed by atoms with Crippen LogP contribution in [0.2, 0.25) is 0 Å². The number of ketones is 1. The molecule has 0 saturated heterocycles. The zero-order chi connectivity index (χ0) is 23.1. The molecule has 0 aromatic carbocycles. The summed E-state index contributed by atoms with van der Waals surface area (Å²) in [5.41, 5.74) is 3.01. The zero-order valence-electron chi connectivity index (χ0n) is 18.7. The van der Waals surface area contributed by atoms with E-state index in [2.05, 4.69) is 14.7 Å². The minimum Gasteiger partial charge on any atom is -0.444 e. The summed E-state index contributed by atoms with van der Waals surface area (Å²) in [5, 5.41) is 11.9. The van der Waals surface area contributed by atoms with Gasteiger partial charge in [-0.3, -0.25) is 10.1 Å². The fourth-order valence-corrected chi connectivity index (χ4v) is 2.93. The minimum absolute atomic E-state index is 0.0771. The van der Waals surface area contributed by atoms with Gasteiger partial charge in [-0.15, -0.1) is 0 Å². The lowest BCUT2D eigenvalue weighted by Crippen LogP contribution is -2.29. The van der Waals surface area contributed by atoms with Gasteiger partial charge in [0.2, 0.25) is 0 Å². The van der Waals surface area contributed by atoms with Crippen LogP contribution in [0.4, 0.5) is 4.79 Å². The van der Waals surface area contributed by atoms with Crippen LogP contribution in [0.15, 0.2) is 29.6 Å². The van der Waals surface area contributed by atoms with Gasteiger partial charge in [-0.1, -0.05) is 11.6 Å². The quantitative estimate of drug-likeness (QED) is 0.399. The van der Waals surface area contributed by atoms with Crippen LogP contribution in [0, 0.1) is 11.3 Å². The van der Waals surface area contributed by atoms with E-state index in [0.29, 0.717) is 0 Å². The molecule has 1 unspecified atom stereocenters. The first-order chi connectivity index (χ1) is 13.8. The molecule has 1 N–H and O–H groups in total. The number of ether oxygens (including phenoxy) is 1. The van der Waals surface area contributed by atoms with Crippen molar-refractivity contribution in [3.8, 4) is 6.07 Å². The maximum absolute atomic E-state index is 12.6. The summed E-state index contributed by atoms with van der Waals surface area (Å²) in [6.07, 6.45) is 6.27. The van der Waals surface area contributed by atoms with Gasteiger partial charge >= 0.3 is 6.09 Å². The Morgan fingerprint density at radius 3 is 2.47 bits per heavy atom. The van der Waals surface area contributed by atoms with Crippen molar-refractivity contribution in [2.45, 2.75) is 46.6 Å². The highest BCUT2D eigenvalue weighted by atomic mass is 31.0. The molecular weight excluding hydrogens is 399 g/mol. The smallest absolute Gasteiger partial charge is 0.411 e. The summed E-state index contributed by atoms with van der Waals surface area (Å²) in [4.78, 5) is 26.1. The third kappa shape index (κ3) is 8.26. The molecule has 30 heavy (non-hydrogen) atoms. The molecule has 0 spiro atoms. The maximum Gasteiger partial charge on any atom is 0.411 e. The Morgan fingerprint density at radius 1 is 1.33 bits per heavy atom. The highest BCUT2D eigenvalue weighted by molar-refractivity contribution is 7.14. The third-order valence-electron chi connectivity index (χ3n) is 3.62. The van der Waals surface area contributed by atoms with Gasteiger partial charge in [0.1, 0.15) is 17.2 Å². The van der Waals surface area contributed by atoms with E-state index in [-0.39, 0.29) is 17.8 Å². The molecular formula is C22H31N4O3P. The first-order valence-electron chi connectivity index (χ1n) is 9.46. The Labute approximate surface area is 181 Å². The fraction of sp³-hybridized carbons (Fsp3) is 0.409. The number of amides is 1. The van der Waals surface area contributed by atoms with Gasteiger partial charge in [-0.25, -0.2) is 4.79 Å². The number of nitrogens with zero attached hydrogens (tertiary/aromatic N) is 3. The molecule has 1 amide bonds. The summed E-state index contributed by atoms with van der Waals surface area (Å²) in [6.45, 7) is 9.33. The van der Waals surface area contributed by atoms with Crippen LogP contribution in [0.3, 0.4) is 0 Å². The normalized spacial score (nSPS) is 11.8. The van der Waals surface area contributed by atoms with Gasteiger partial charge in [0.15, 0.2) is 5.78 Å². The molecule has 0 saturated carbocycles. The van der Waals surface area contributed by atoms with Crippen molar-refractivity contribution >= 4 is 33.4 Å². The molecule has 162 valence electrons. The van der Waals surface area contributed by atoms with Crippen molar-refractivity contribution in [1.29, 1.82) is 5.26 Å². The number of nitrogens with one attached hydrogen (secondary N) is 1. The predicted molar refractivity (Wildman–Crippen MR) is 123 cm³/mol. The second kappa shape index (κ2) is 10.8. The average Bonchev–Trinajstić information content (AvgIpc) is 2.85. The molecule has 8 heteroatoms. The average molecular weight is 430 g/mol. The zero-order valence-corrected chi connectivity index (χ0v) is 19.9. The lowest BCUT2D eigenvalue weighted by atomic mass is 10.1. The third-order valence-corrected chi connectivity index (χ3v) is 4.23. The molecule has 7 nitrogen and oxygen atoms in total. The molecule has 0 fully saturated rings. The summed E-state index contributed by atoms with van der Waals surface area (Å²) in [6, 6.07) is 3.86. The fourth-order valence-electron chi connectivity index (χ4n) is 2.53. The molecule has 0 bridgehead atoms. The van der Waals surface area contributed by atoms with Crippen LogP contribution < -0.4 is 5.32 Å². The van der Waals surface area contributed by atoms with Crippen LogP contribution >= 0.6 is 9.39 Å². The SMILES string of the molecule is CC(C)=Cc1cc(CC(=O)/C(C#N)=C/N(C)C)n(P)c1/C=C/NC(=O)OC(C)(C)C. The van der Waals surface area contributed by atoms with Gasteiger partial charge in [-0.2, -0.15) is 5.26 Å². The lowest BCUT2D eigenvalue weighted by Gasteiger charge is -2.18. The van der Waals surface area contributed by atoms with Crippen molar-refractivity contribution < 1.29 is 14.3 Å². The molecule has 1 heterocycles. The van der Waals surface area contributed by atoms with Gasteiger partial charge in [0.25, 0.3) is 0 Å². The van der Waals surface area contributed by atoms with E-state index in [1.807, 2.05) is 32.1 Å². The van der Waals surface area contributed by atoms with E-state index in [4.69, 9.17) is 4.74 Å². The van der Waals surface area contributed by atoms with Crippen LogP contribution in [-0.2, 0) is 16.0 Å². The monoisotopic (exact) mass is 430 g/mol. The maximum atomic E-state index is 12.6. The largest absolute Gasteiger partial charge is 0.444 e. The number of hydrogen-bond donors (Lipinski definition) is 1. The second-order valence-corrected chi connectivity index (χ2v) is 8.78. The molecule has 0 aliphatic heterocycles. The number of Topliss-reactive ketones (excluding diaryl/α,β-unsaturated/α-hetero) is 1. The van der Waals surface area contributed by atoms with Crippen molar-refractivity contribution in [2.75, 3.05) is 14.1 Å². The van der Waals surface area contributed by atoms with Gasteiger partial charge in [0, 0.05) is 37.8 Å². The summed E-state index contributed by atoms with van der Waals surface area (Å²) in [5.74, 6) is -0.265. The Morgan fingerprint density at radius 2 is 1.97 bits per heavy atom. The van der Waals surface area contributed by atoms with Gasteiger partial charge in [0.05, 0.1) is 12.1 Å². The van der Waals surface area contributed by atoms with Crippen LogP contribution in [0.1, 0.15) is 51.6 Å². The molecule has 0 aliphatic rings. The van der Waals surface area contributed by atoms with E-state index in [1.165, 1.54) is 12.4 Å². The van der Waals surface area contributed by atoms with Crippen molar-refractivity contribution in [3.05, 3.63) is 46.6 Å². The van der Waals surface area contributed by atoms with Gasteiger partial charge in [-0.05, 0) is 56.2 Å². The van der Waals surface area contributed by atoms with E-state index in [1.54, 1.807) is 50.2 Å². The Kier molecular flexibility index (Phi) is 9.07.